The van der Waals surface area contributed by atoms with E-state index in [0.29, 0.717) is 6.54 Å². The maximum Gasteiger partial charge on any atom is 0.396 e. The van der Waals surface area contributed by atoms with Crippen LogP contribution in [0.2, 0.25) is 0 Å². The van der Waals surface area contributed by atoms with Crippen molar-refractivity contribution >= 4 is 11.9 Å². The van der Waals surface area contributed by atoms with Crippen LogP contribution in [0, 0.1) is 0 Å². The Bertz CT molecular complexity index is 227. The van der Waals surface area contributed by atoms with Gasteiger partial charge in [0, 0.05) is 12.6 Å². The van der Waals surface area contributed by atoms with E-state index in [9.17, 15) is 9.59 Å². The monoisotopic (exact) mass is 230 g/mol. The molecular formula is C11H22N2O3. The summed E-state index contributed by atoms with van der Waals surface area (Å²) in [5.74, 6) is -1.48. The average molecular weight is 230 g/mol. The van der Waals surface area contributed by atoms with Gasteiger partial charge >= 0.3 is 11.9 Å². The summed E-state index contributed by atoms with van der Waals surface area (Å²) >= 11 is 0. The molecule has 0 saturated carbocycles. The van der Waals surface area contributed by atoms with E-state index >= 15 is 0 Å². The van der Waals surface area contributed by atoms with Gasteiger partial charge in [0.1, 0.15) is 0 Å². The minimum Gasteiger partial charge on any atom is -0.459 e. The number of ether oxygens (including phenoxy) is 1. The molecule has 0 rings (SSSR count). The van der Waals surface area contributed by atoms with Gasteiger partial charge in [-0.15, -0.1) is 0 Å². The fourth-order valence-corrected chi connectivity index (χ4v) is 1.49. The predicted molar refractivity (Wildman–Crippen MR) is 62.0 cm³/mol. The third-order valence-corrected chi connectivity index (χ3v) is 2.45. The summed E-state index contributed by atoms with van der Waals surface area (Å²) < 4.78 is 4.58. The van der Waals surface area contributed by atoms with Crippen LogP contribution in [-0.4, -0.2) is 49.1 Å². The van der Waals surface area contributed by atoms with Gasteiger partial charge in [0.25, 0.3) is 0 Å². The zero-order valence-corrected chi connectivity index (χ0v) is 10.6. The van der Waals surface area contributed by atoms with E-state index in [4.69, 9.17) is 0 Å². The Hall–Kier alpha value is -1.10. The highest BCUT2D eigenvalue weighted by atomic mass is 16.5. The first kappa shape index (κ1) is 14.9. The van der Waals surface area contributed by atoms with Gasteiger partial charge in [-0.1, -0.05) is 13.8 Å². The second-order valence-corrected chi connectivity index (χ2v) is 3.50. The first-order chi connectivity index (χ1) is 7.56. The molecule has 0 spiro atoms. The number of esters is 1. The Morgan fingerprint density at radius 3 is 2.25 bits per heavy atom. The van der Waals surface area contributed by atoms with E-state index in [-0.39, 0.29) is 12.6 Å². The largest absolute Gasteiger partial charge is 0.459 e. The smallest absolute Gasteiger partial charge is 0.396 e. The second-order valence-electron chi connectivity index (χ2n) is 3.50. The number of nitrogens with zero attached hydrogens (tertiary/aromatic N) is 1. The number of amides is 1. The average Bonchev–Trinajstić information content (AvgIpc) is 2.27. The lowest BCUT2D eigenvalue weighted by Crippen LogP contribution is -2.44. The maximum absolute atomic E-state index is 11.2. The SMILES string of the molecule is CCOC(=O)C(=O)NCC(C)N(CC)CC. The van der Waals surface area contributed by atoms with Crippen molar-refractivity contribution in [3.63, 3.8) is 0 Å². The third-order valence-electron chi connectivity index (χ3n) is 2.45. The van der Waals surface area contributed by atoms with Gasteiger partial charge in [0.05, 0.1) is 6.61 Å². The van der Waals surface area contributed by atoms with Crippen LogP contribution in [0.3, 0.4) is 0 Å². The summed E-state index contributed by atoms with van der Waals surface area (Å²) in [4.78, 5) is 24.4. The molecule has 5 heteroatoms. The van der Waals surface area contributed by atoms with Crippen molar-refractivity contribution in [2.45, 2.75) is 33.7 Å². The Morgan fingerprint density at radius 1 is 1.25 bits per heavy atom. The highest BCUT2D eigenvalue weighted by Crippen LogP contribution is 1.96. The summed E-state index contributed by atoms with van der Waals surface area (Å²) in [6.45, 7) is 10.3. The van der Waals surface area contributed by atoms with Gasteiger partial charge < -0.3 is 10.1 Å². The zero-order chi connectivity index (χ0) is 12.6. The number of nitrogens with one attached hydrogen (secondary N) is 1. The summed E-state index contributed by atoms with van der Waals surface area (Å²) in [7, 11) is 0. The van der Waals surface area contributed by atoms with E-state index < -0.39 is 11.9 Å². The highest BCUT2D eigenvalue weighted by molar-refractivity contribution is 6.32. The molecule has 0 aliphatic carbocycles. The molecule has 0 aromatic carbocycles. The molecule has 0 radical (unpaired) electrons. The molecule has 0 aromatic heterocycles. The number of rotatable bonds is 6. The summed E-state index contributed by atoms with van der Waals surface area (Å²) in [5.41, 5.74) is 0. The lowest BCUT2D eigenvalue weighted by molar-refractivity contribution is -0.154. The number of carbonyl (C=O) groups excluding carboxylic acids is 2. The Morgan fingerprint density at radius 2 is 1.81 bits per heavy atom. The van der Waals surface area contributed by atoms with Crippen LogP contribution in [0.4, 0.5) is 0 Å². The highest BCUT2D eigenvalue weighted by Gasteiger charge is 2.16. The zero-order valence-electron chi connectivity index (χ0n) is 10.6. The minimum absolute atomic E-state index is 0.216. The van der Waals surface area contributed by atoms with Crippen molar-refractivity contribution in [2.24, 2.45) is 0 Å². The number of hydrogen-bond acceptors (Lipinski definition) is 4. The molecule has 1 amide bonds. The van der Waals surface area contributed by atoms with Crippen molar-refractivity contribution in [2.75, 3.05) is 26.2 Å². The fraction of sp³-hybridized carbons (Fsp3) is 0.818. The van der Waals surface area contributed by atoms with Crippen LogP contribution >= 0.6 is 0 Å². The molecule has 1 N–H and O–H groups in total. The summed E-state index contributed by atoms with van der Waals surface area (Å²) in [5, 5.41) is 2.56. The molecule has 5 nitrogen and oxygen atoms in total. The van der Waals surface area contributed by atoms with E-state index in [1.165, 1.54) is 0 Å². The van der Waals surface area contributed by atoms with Gasteiger partial charge in [0.15, 0.2) is 0 Å². The molecule has 0 saturated heterocycles. The maximum atomic E-state index is 11.2. The number of hydrogen-bond donors (Lipinski definition) is 1. The van der Waals surface area contributed by atoms with Gasteiger partial charge in [-0.25, -0.2) is 4.79 Å². The Kier molecular flexibility index (Phi) is 7.54. The second kappa shape index (κ2) is 8.10. The molecule has 0 aromatic rings. The fourth-order valence-electron chi connectivity index (χ4n) is 1.49. The topological polar surface area (TPSA) is 58.6 Å². The normalized spacial score (nSPS) is 12.3. The van der Waals surface area contributed by atoms with Crippen LogP contribution in [0.25, 0.3) is 0 Å². The molecule has 1 unspecified atom stereocenters. The van der Waals surface area contributed by atoms with Crippen molar-refractivity contribution < 1.29 is 14.3 Å². The molecule has 0 aliphatic rings. The molecule has 0 fully saturated rings. The molecule has 0 heterocycles. The van der Waals surface area contributed by atoms with Crippen molar-refractivity contribution in [1.29, 1.82) is 0 Å². The minimum atomic E-state index is -0.811. The molecule has 94 valence electrons. The van der Waals surface area contributed by atoms with Crippen LogP contribution in [0.1, 0.15) is 27.7 Å². The van der Waals surface area contributed by atoms with E-state index in [1.54, 1.807) is 6.92 Å². The van der Waals surface area contributed by atoms with Crippen LogP contribution < -0.4 is 5.32 Å². The molecule has 0 bridgehead atoms. The van der Waals surface area contributed by atoms with Crippen molar-refractivity contribution in [3.8, 4) is 0 Å². The first-order valence-electron chi connectivity index (χ1n) is 5.75. The van der Waals surface area contributed by atoms with Crippen LogP contribution in [-0.2, 0) is 14.3 Å². The van der Waals surface area contributed by atoms with E-state index in [0.717, 1.165) is 13.1 Å². The van der Waals surface area contributed by atoms with Crippen molar-refractivity contribution in [1.82, 2.24) is 10.2 Å². The van der Waals surface area contributed by atoms with Crippen LogP contribution in [0.15, 0.2) is 0 Å². The molecule has 0 aliphatic heterocycles. The summed E-state index contributed by atoms with van der Waals surface area (Å²) in [6, 6.07) is 0.216. The van der Waals surface area contributed by atoms with Crippen molar-refractivity contribution in [3.05, 3.63) is 0 Å². The van der Waals surface area contributed by atoms with Crippen LogP contribution in [0.5, 0.6) is 0 Å². The predicted octanol–water partition coefficient (Wildman–Crippen LogP) is 0.396. The van der Waals surface area contributed by atoms with E-state index in [1.807, 2.05) is 6.92 Å². The lowest BCUT2D eigenvalue weighted by atomic mass is 10.2. The first-order valence-corrected chi connectivity index (χ1v) is 5.75. The number of carbonyl (C=O) groups is 2. The van der Waals surface area contributed by atoms with E-state index in [2.05, 4.69) is 28.8 Å². The quantitative estimate of drug-likeness (QED) is 0.530. The molecule has 16 heavy (non-hydrogen) atoms. The standard InChI is InChI=1S/C11H22N2O3/c1-5-13(6-2)9(4)8-12-10(14)11(15)16-7-3/h9H,5-8H2,1-4H3,(H,12,14). The lowest BCUT2D eigenvalue weighted by Gasteiger charge is -2.26. The molecular weight excluding hydrogens is 208 g/mol. The van der Waals surface area contributed by atoms with Gasteiger partial charge in [-0.05, 0) is 26.9 Å². The Balaban J connectivity index is 3.95. The summed E-state index contributed by atoms with van der Waals surface area (Å²) in [6.07, 6.45) is 0. The van der Waals surface area contributed by atoms with Gasteiger partial charge in [0.2, 0.25) is 0 Å². The molecule has 1 atom stereocenters. The third kappa shape index (κ3) is 5.11. The van der Waals surface area contributed by atoms with Gasteiger partial charge in [-0.3, -0.25) is 9.69 Å². The number of likely N-dealkylation sites (N-methyl/N-ethyl adjacent to an activating group) is 1. The Labute approximate surface area is 97.1 Å². The van der Waals surface area contributed by atoms with Gasteiger partial charge in [-0.2, -0.15) is 0 Å².